The van der Waals surface area contributed by atoms with E-state index in [4.69, 9.17) is 14.2 Å². The van der Waals surface area contributed by atoms with Gasteiger partial charge in [0.25, 0.3) is 11.8 Å². The van der Waals surface area contributed by atoms with Crippen LogP contribution < -0.4 is 14.2 Å². The third-order valence-electron chi connectivity index (χ3n) is 6.68. The highest BCUT2D eigenvalue weighted by Crippen LogP contribution is 2.29. The molecule has 0 saturated heterocycles. The zero-order valence-electron chi connectivity index (χ0n) is 21.7. The summed E-state index contributed by atoms with van der Waals surface area (Å²) in [5.41, 5.74) is 2.16. The first-order chi connectivity index (χ1) is 18.0. The molecule has 1 aliphatic rings. The fourth-order valence-corrected chi connectivity index (χ4v) is 4.62. The molecule has 0 aromatic heterocycles. The van der Waals surface area contributed by atoms with Gasteiger partial charge in [0.1, 0.15) is 12.4 Å². The molecule has 2 amide bonds. The van der Waals surface area contributed by atoms with Crippen LogP contribution in [0.5, 0.6) is 17.2 Å². The molecule has 0 radical (unpaired) electrons. The van der Waals surface area contributed by atoms with Gasteiger partial charge in [0.2, 0.25) is 0 Å². The predicted molar refractivity (Wildman–Crippen MR) is 143 cm³/mol. The lowest BCUT2D eigenvalue weighted by Crippen LogP contribution is -2.46. The Bertz CT molecular complexity index is 1210. The van der Waals surface area contributed by atoms with Gasteiger partial charge in [-0.1, -0.05) is 42.5 Å². The van der Waals surface area contributed by atoms with Crippen molar-refractivity contribution < 1.29 is 23.8 Å². The minimum atomic E-state index is -0.247. The number of hydrogen-bond acceptors (Lipinski definition) is 5. The monoisotopic (exact) mass is 502 g/mol. The van der Waals surface area contributed by atoms with Crippen molar-refractivity contribution >= 4 is 11.8 Å². The van der Waals surface area contributed by atoms with E-state index < -0.39 is 0 Å². The highest BCUT2D eigenvalue weighted by Gasteiger charge is 2.28. The summed E-state index contributed by atoms with van der Waals surface area (Å²) in [7, 11) is 4.93. The van der Waals surface area contributed by atoms with Gasteiger partial charge in [-0.25, -0.2) is 0 Å². The largest absolute Gasteiger partial charge is 0.493 e. The van der Waals surface area contributed by atoms with Crippen LogP contribution in [0.3, 0.4) is 0 Å². The highest BCUT2D eigenvalue weighted by atomic mass is 16.5. The van der Waals surface area contributed by atoms with E-state index in [-0.39, 0.29) is 24.5 Å². The Morgan fingerprint density at radius 3 is 2.38 bits per heavy atom. The highest BCUT2D eigenvalue weighted by molar-refractivity contribution is 5.97. The summed E-state index contributed by atoms with van der Waals surface area (Å²) in [4.78, 5) is 30.6. The second-order valence-corrected chi connectivity index (χ2v) is 9.15. The van der Waals surface area contributed by atoms with Crippen molar-refractivity contribution in [2.24, 2.45) is 0 Å². The molecular weight excluding hydrogens is 468 g/mol. The molecule has 0 N–H and O–H groups in total. The van der Waals surface area contributed by atoms with Crippen molar-refractivity contribution in [1.29, 1.82) is 0 Å². The SMILES string of the molecule is COc1ccc(C(=O)N2CCCCN(C)C(=O)c3ccccc3OC[C@H]2Cc2ccccc2)cc1OC. The summed E-state index contributed by atoms with van der Waals surface area (Å²) in [6, 6.07) is 22.4. The minimum absolute atomic E-state index is 0.0611. The molecule has 194 valence electrons. The van der Waals surface area contributed by atoms with E-state index in [0.29, 0.717) is 47.9 Å². The number of nitrogens with zero attached hydrogens (tertiary/aromatic N) is 2. The number of fused-ring (bicyclic) bond motifs is 1. The van der Waals surface area contributed by atoms with Crippen LogP contribution in [0.25, 0.3) is 0 Å². The van der Waals surface area contributed by atoms with Crippen molar-refractivity contribution in [2.45, 2.75) is 25.3 Å². The van der Waals surface area contributed by atoms with Crippen LogP contribution in [-0.4, -0.2) is 68.6 Å². The van der Waals surface area contributed by atoms with Crippen molar-refractivity contribution in [3.05, 3.63) is 89.5 Å². The Morgan fingerprint density at radius 1 is 0.919 bits per heavy atom. The van der Waals surface area contributed by atoms with E-state index in [9.17, 15) is 9.59 Å². The van der Waals surface area contributed by atoms with Crippen LogP contribution in [0.15, 0.2) is 72.8 Å². The van der Waals surface area contributed by atoms with E-state index >= 15 is 0 Å². The van der Waals surface area contributed by atoms with Crippen molar-refractivity contribution in [3.63, 3.8) is 0 Å². The maximum absolute atomic E-state index is 14.0. The van der Waals surface area contributed by atoms with E-state index in [2.05, 4.69) is 12.1 Å². The second kappa shape index (κ2) is 12.3. The molecule has 0 fully saturated rings. The zero-order chi connectivity index (χ0) is 26.2. The van der Waals surface area contributed by atoms with Gasteiger partial charge in [-0.2, -0.15) is 0 Å². The Kier molecular flexibility index (Phi) is 8.67. The summed E-state index contributed by atoms with van der Waals surface area (Å²) in [5, 5.41) is 0. The summed E-state index contributed by atoms with van der Waals surface area (Å²) < 4.78 is 17.1. The number of methoxy groups -OCH3 is 2. The standard InChI is InChI=1S/C30H34N2O5/c1-31-17-9-10-18-32(29(33)23-15-16-27(35-2)28(20-23)36-3)24(19-22-11-5-4-6-12-22)21-37-26-14-8-7-13-25(26)30(31)34/h4-8,11-16,20,24H,9-10,17-19,21H2,1-3H3/t24-/m1/s1. The molecule has 0 bridgehead atoms. The number of ether oxygens (including phenoxy) is 3. The molecule has 0 spiro atoms. The molecule has 1 heterocycles. The number of carbonyl (C=O) groups excluding carboxylic acids is 2. The smallest absolute Gasteiger partial charge is 0.257 e. The lowest BCUT2D eigenvalue weighted by molar-refractivity contribution is 0.0590. The van der Waals surface area contributed by atoms with Crippen LogP contribution in [0.4, 0.5) is 0 Å². The molecule has 3 aromatic carbocycles. The minimum Gasteiger partial charge on any atom is -0.493 e. The average Bonchev–Trinajstić information content (AvgIpc) is 2.94. The number of amides is 2. The van der Waals surface area contributed by atoms with Gasteiger partial charge in [-0.05, 0) is 55.2 Å². The van der Waals surface area contributed by atoms with E-state index in [0.717, 1.165) is 18.4 Å². The Hall–Kier alpha value is -4.00. The summed E-state index contributed by atoms with van der Waals surface area (Å²) in [6.07, 6.45) is 2.15. The zero-order valence-corrected chi connectivity index (χ0v) is 21.7. The van der Waals surface area contributed by atoms with Crippen molar-refractivity contribution in [2.75, 3.05) is 41.0 Å². The number of carbonyl (C=O) groups is 2. The van der Waals surface area contributed by atoms with Gasteiger partial charge < -0.3 is 24.0 Å². The third kappa shape index (κ3) is 6.23. The molecular formula is C30H34N2O5. The second-order valence-electron chi connectivity index (χ2n) is 9.15. The molecule has 0 unspecified atom stereocenters. The first kappa shape index (κ1) is 26.1. The number of para-hydroxylation sites is 1. The quantitative estimate of drug-likeness (QED) is 0.506. The number of rotatable bonds is 5. The third-order valence-corrected chi connectivity index (χ3v) is 6.68. The lowest BCUT2D eigenvalue weighted by Gasteiger charge is -2.33. The molecule has 0 saturated carbocycles. The Labute approximate surface area is 218 Å². The maximum Gasteiger partial charge on any atom is 0.257 e. The number of hydrogen-bond donors (Lipinski definition) is 0. The van der Waals surface area contributed by atoms with Gasteiger partial charge >= 0.3 is 0 Å². The first-order valence-electron chi connectivity index (χ1n) is 12.6. The van der Waals surface area contributed by atoms with Gasteiger partial charge in [0.05, 0.1) is 25.8 Å². The molecule has 3 aromatic rings. The molecule has 7 heteroatoms. The van der Waals surface area contributed by atoms with Gasteiger partial charge in [0.15, 0.2) is 11.5 Å². The molecule has 7 nitrogen and oxygen atoms in total. The van der Waals surface area contributed by atoms with Crippen molar-refractivity contribution in [3.8, 4) is 17.2 Å². The number of benzene rings is 3. The predicted octanol–water partition coefficient (Wildman–Crippen LogP) is 4.70. The average molecular weight is 503 g/mol. The summed E-state index contributed by atoms with van der Waals surface area (Å²) in [5.74, 6) is 1.44. The Balaban J connectivity index is 1.71. The maximum atomic E-state index is 14.0. The normalized spacial score (nSPS) is 16.6. The van der Waals surface area contributed by atoms with E-state index in [1.54, 1.807) is 50.4 Å². The fourth-order valence-electron chi connectivity index (χ4n) is 4.62. The summed E-state index contributed by atoms with van der Waals surface area (Å²) >= 11 is 0. The topological polar surface area (TPSA) is 68.3 Å². The van der Waals surface area contributed by atoms with Crippen LogP contribution in [0.2, 0.25) is 0 Å². The van der Waals surface area contributed by atoms with E-state index in [1.165, 1.54) is 0 Å². The molecule has 4 rings (SSSR count). The molecule has 0 aliphatic carbocycles. The van der Waals surface area contributed by atoms with Crippen LogP contribution in [0, 0.1) is 0 Å². The molecule has 37 heavy (non-hydrogen) atoms. The van der Waals surface area contributed by atoms with Gasteiger partial charge in [-0.3, -0.25) is 9.59 Å². The lowest BCUT2D eigenvalue weighted by atomic mass is 10.0. The summed E-state index contributed by atoms with van der Waals surface area (Å²) in [6.45, 7) is 1.38. The first-order valence-corrected chi connectivity index (χ1v) is 12.6. The Morgan fingerprint density at radius 2 is 1.62 bits per heavy atom. The van der Waals surface area contributed by atoms with Crippen molar-refractivity contribution in [1.82, 2.24) is 9.80 Å². The van der Waals surface area contributed by atoms with Crippen LogP contribution in [0.1, 0.15) is 39.1 Å². The van der Waals surface area contributed by atoms with Gasteiger partial charge in [-0.15, -0.1) is 0 Å². The molecule has 1 atom stereocenters. The van der Waals surface area contributed by atoms with Crippen LogP contribution >= 0.6 is 0 Å². The van der Waals surface area contributed by atoms with Crippen LogP contribution in [-0.2, 0) is 6.42 Å². The fraction of sp³-hybridized carbons (Fsp3) is 0.333. The van der Waals surface area contributed by atoms with E-state index in [1.807, 2.05) is 41.3 Å². The molecule has 1 aliphatic heterocycles. The van der Waals surface area contributed by atoms with Gasteiger partial charge in [0, 0.05) is 25.7 Å².